The highest BCUT2D eigenvalue weighted by atomic mass is 35.5. The van der Waals surface area contributed by atoms with Crippen LogP contribution in [0.2, 0.25) is 5.02 Å². The Morgan fingerprint density at radius 3 is 2.60 bits per heavy atom. The lowest BCUT2D eigenvalue weighted by Gasteiger charge is -2.11. The molecule has 0 fully saturated rings. The van der Waals surface area contributed by atoms with E-state index in [2.05, 4.69) is 10.6 Å². The summed E-state index contributed by atoms with van der Waals surface area (Å²) in [5, 5.41) is 6.37. The normalized spacial score (nSPS) is 10.6. The van der Waals surface area contributed by atoms with Crippen molar-refractivity contribution in [2.45, 2.75) is 31.3 Å². The van der Waals surface area contributed by atoms with Crippen molar-refractivity contribution in [1.82, 2.24) is 10.6 Å². The Morgan fingerprint density at radius 1 is 1.12 bits per heavy atom. The molecule has 2 aromatic rings. The average Bonchev–Trinajstić information content (AvgIpc) is 2.57. The average molecular weight is 377 g/mol. The van der Waals surface area contributed by atoms with Gasteiger partial charge in [0.15, 0.2) is 0 Å². The second-order valence-electron chi connectivity index (χ2n) is 5.82. The van der Waals surface area contributed by atoms with Gasteiger partial charge in [-0.3, -0.25) is 9.59 Å². The van der Waals surface area contributed by atoms with E-state index < -0.39 is 0 Å². The molecule has 25 heavy (non-hydrogen) atoms. The van der Waals surface area contributed by atoms with Crippen LogP contribution in [0.5, 0.6) is 0 Å². The highest BCUT2D eigenvalue weighted by molar-refractivity contribution is 8.00. The van der Waals surface area contributed by atoms with Gasteiger partial charge in [0, 0.05) is 22.5 Å². The fourth-order valence-electron chi connectivity index (χ4n) is 2.21. The molecule has 132 valence electrons. The second kappa shape index (κ2) is 9.49. The summed E-state index contributed by atoms with van der Waals surface area (Å²) in [5.74, 6) is 0.0537. The van der Waals surface area contributed by atoms with Gasteiger partial charge in [0.2, 0.25) is 5.91 Å². The van der Waals surface area contributed by atoms with Gasteiger partial charge in [-0.25, -0.2) is 0 Å². The number of carbonyl (C=O) groups is 2. The van der Waals surface area contributed by atoms with Crippen LogP contribution in [0.25, 0.3) is 0 Å². The smallest absolute Gasteiger partial charge is 0.252 e. The number of halogens is 1. The van der Waals surface area contributed by atoms with E-state index in [1.165, 1.54) is 11.8 Å². The van der Waals surface area contributed by atoms with Gasteiger partial charge in [0.25, 0.3) is 5.91 Å². The number of benzene rings is 2. The maximum atomic E-state index is 12.5. The van der Waals surface area contributed by atoms with Crippen LogP contribution in [0, 0.1) is 0 Å². The molecule has 0 aromatic heterocycles. The first kappa shape index (κ1) is 19.3. The van der Waals surface area contributed by atoms with E-state index in [9.17, 15) is 9.59 Å². The first-order chi connectivity index (χ1) is 12.0. The molecule has 0 atom stereocenters. The Kier molecular flexibility index (Phi) is 7.34. The third-order valence-corrected chi connectivity index (χ3v) is 4.59. The predicted molar refractivity (Wildman–Crippen MR) is 103 cm³/mol. The highest BCUT2D eigenvalue weighted by Gasteiger charge is 2.13. The number of hydrogen-bond donors (Lipinski definition) is 2. The molecule has 2 N–H and O–H groups in total. The lowest BCUT2D eigenvalue weighted by atomic mass is 10.2. The lowest BCUT2D eigenvalue weighted by molar-refractivity contribution is -0.119. The Balaban J connectivity index is 1.98. The van der Waals surface area contributed by atoms with E-state index in [0.29, 0.717) is 17.1 Å². The molecule has 0 aliphatic rings. The monoisotopic (exact) mass is 376 g/mol. The summed E-state index contributed by atoms with van der Waals surface area (Å²) in [5.41, 5.74) is 1.49. The fourth-order valence-corrected chi connectivity index (χ4v) is 3.29. The number of nitrogens with one attached hydrogen (secondary N) is 2. The Bertz CT molecular complexity index is 750. The van der Waals surface area contributed by atoms with Crippen LogP contribution in [-0.2, 0) is 11.3 Å². The molecule has 0 radical (unpaired) electrons. The molecule has 4 nitrogen and oxygen atoms in total. The van der Waals surface area contributed by atoms with Crippen molar-refractivity contribution in [2.24, 2.45) is 0 Å². The number of thioether (sulfide) groups is 1. The first-order valence-corrected chi connectivity index (χ1v) is 9.36. The summed E-state index contributed by atoms with van der Waals surface area (Å²) in [6.45, 7) is 4.23. The molecule has 0 aliphatic heterocycles. The SMILES string of the molecule is CC(C)NC(=O)CSc1ccccc1C(=O)NCc1cccc(Cl)c1. The lowest BCUT2D eigenvalue weighted by Crippen LogP contribution is -2.31. The van der Waals surface area contributed by atoms with Crippen LogP contribution in [0.4, 0.5) is 0 Å². The van der Waals surface area contributed by atoms with E-state index in [4.69, 9.17) is 11.6 Å². The molecule has 2 amide bonds. The quantitative estimate of drug-likeness (QED) is 0.721. The molecule has 0 saturated heterocycles. The van der Waals surface area contributed by atoms with Gasteiger partial charge in [-0.2, -0.15) is 0 Å². The van der Waals surface area contributed by atoms with Gasteiger partial charge >= 0.3 is 0 Å². The van der Waals surface area contributed by atoms with Crippen molar-refractivity contribution in [1.29, 1.82) is 0 Å². The van der Waals surface area contributed by atoms with E-state index in [1.54, 1.807) is 12.1 Å². The van der Waals surface area contributed by atoms with E-state index in [0.717, 1.165) is 10.5 Å². The molecule has 2 aromatic carbocycles. The third kappa shape index (κ3) is 6.44. The van der Waals surface area contributed by atoms with E-state index in [-0.39, 0.29) is 23.6 Å². The maximum Gasteiger partial charge on any atom is 0.252 e. The van der Waals surface area contributed by atoms with Crippen LogP contribution in [-0.4, -0.2) is 23.6 Å². The van der Waals surface area contributed by atoms with Crippen molar-refractivity contribution in [3.63, 3.8) is 0 Å². The molecule has 2 rings (SSSR count). The van der Waals surface area contributed by atoms with Gasteiger partial charge in [0.05, 0.1) is 11.3 Å². The van der Waals surface area contributed by atoms with Gasteiger partial charge in [-0.1, -0.05) is 35.9 Å². The second-order valence-corrected chi connectivity index (χ2v) is 7.27. The Labute approximate surface area is 157 Å². The van der Waals surface area contributed by atoms with Crippen LogP contribution < -0.4 is 10.6 Å². The number of rotatable bonds is 7. The third-order valence-electron chi connectivity index (χ3n) is 3.28. The van der Waals surface area contributed by atoms with Crippen molar-refractivity contribution < 1.29 is 9.59 Å². The summed E-state index contributed by atoms with van der Waals surface area (Å²) < 4.78 is 0. The standard InChI is InChI=1S/C19H21ClN2O2S/c1-13(2)22-18(23)12-25-17-9-4-3-8-16(17)19(24)21-11-14-6-5-7-15(20)10-14/h3-10,13H,11-12H2,1-2H3,(H,21,24)(H,22,23). The first-order valence-electron chi connectivity index (χ1n) is 7.99. The minimum atomic E-state index is -0.174. The Morgan fingerprint density at radius 2 is 1.88 bits per heavy atom. The molecule has 0 aliphatic carbocycles. The molecular weight excluding hydrogens is 356 g/mol. The van der Waals surface area contributed by atoms with Crippen molar-refractivity contribution in [2.75, 3.05) is 5.75 Å². The fraction of sp³-hybridized carbons (Fsp3) is 0.263. The van der Waals surface area contributed by atoms with Crippen molar-refractivity contribution in [3.8, 4) is 0 Å². The summed E-state index contributed by atoms with van der Waals surface area (Å²) in [4.78, 5) is 25.1. The maximum absolute atomic E-state index is 12.5. The minimum Gasteiger partial charge on any atom is -0.353 e. The predicted octanol–water partition coefficient (Wildman–Crippen LogP) is 3.89. The Hall–Kier alpha value is -1.98. The summed E-state index contributed by atoms with van der Waals surface area (Å²) in [6.07, 6.45) is 0. The van der Waals surface area contributed by atoms with Gasteiger partial charge in [0.1, 0.15) is 0 Å². The zero-order valence-electron chi connectivity index (χ0n) is 14.2. The molecule has 0 bridgehead atoms. The topological polar surface area (TPSA) is 58.2 Å². The number of carbonyl (C=O) groups excluding carboxylic acids is 2. The highest BCUT2D eigenvalue weighted by Crippen LogP contribution is 2.22. The molecular formula is C19H21ClN2O2S. The van der Waals surface area contributed by atoms with Crippen molar-refractivity contribution >= 4 is 35.2 Å². The van der Waals surface area contributed by atoms with E-state index >= 15 is 0 Å². The zero-order chi connectivity index (χ0) is 18.2. The molecule has 0 heterocycles. The van der Waals surface area contributed by atoms with Gasteiger partial charge in [-0.05, 0) is 43.7 Å². The van der Waals surface area contributed by atoms with E-state index in [1.807, 2.05) is 50.2 Å². The summed E-state index contributed by atoms with van der Waals surface area (Å²) >= 11 is 7.31. The van der Waals surface area contributed by atoms with Gasteiger partial charge < -0.3 is 10.6 Å². The largest absolute Gasteiger partial charge is 0.353 e. The van der Waals surface area contributed by atoms with Crippen LogP contribution >= 0.6 is 23.4 Å². The molecule has 6 heteroatoms. The van der Waals surface area contributed by atoms with Crippen LogP contribution in [0.1, 0.15) is 29.8 Å². The number of amides is 2. The minimum absolute atomic E-state index is 0.0471. The zero-order valence-corrected chi connectivity index (χ0v) is 15.8. The molecule has 0 spiro atoms. The number of hydrogen-bond acceptors (Lipinski definition) is 3. The van der Waals surface area contributed by atoms with Crippen molar-refractivity contribution in [3.05, 3.63) is 64.7 Å². The molecule has 0 saturated carbocycles. The molecule has 0 unspecified atom stereocenters. The van der Waals surface area contributed by atoms with Crippen LogP contribution in [0.3, 0.4) is 0 Å². The van der Waals surface area contributed by atoms with Crippen LogP contribution in [0.15, 0.2) is 53.4 Å². The summed E-state index contributed by atoms with van der Waals surface area (Å²) in [6, 6.07) is 14.7. The summed E-state index contributed by atoms with van der Waals surface area (Å²) in [7, 11) is 0. The van der Waals surface area contributed by atoms with Gasteiger partial charge in [-0.15, -0.1) is 11.8 Å².